The van der Waals surface area contributed by atoms with E-state index in [1.165, 1.54) is 31.0 Å². The van der Waals surface area contributed by atoms with Gasteiger partial charge in [-0.3, -0.25) is 4.79 Å². The maximum Gasteiger partial charge on any atom is 0.277 e. The average Bonchev–Trinajstić information content (AvgIpc) is 3.40. The highest BCUT2D eigenvalue weighted by Gasteiger charge is 2.30. The minimum Gasteiger partial charge on any atom is -0.416 e. The Morgan fingerprint density at radius 2 is 1.84 bits per heavy atom. The lowest BCUT2D eigenvalue weighted by atomic mass is 9.93. The molecule has 1 heterocycles. The molecule has 2 aliphatic rings. The second-order valence-electron chi connectivity index (χ2n) is 6.86. The van der Waals surface area contributed by atoms with Crippen molar-refractivity contribution >= 4 is 23.4 Å². The zero-order valence-electron chi connectivity index (χ0n) is 14.3. The molecule has 0 radical (unpaired) electrons. The van der Waals surface area contributed by atoms with E-state index in [1.54, 1.807) is 0 Å². The third-order valence-electron chi connectivity index (χ3n) is 4.91. The highest BCUT2D eigenvalue weighted by atomic mass is 32.2. The molecule has 2 aliphatic carbocycles. The van der Waals surface area contributed by atoms with Crippen LogP contribution in [0.4, 0.5) is 5.69 Å². The van der Waals surface area contributed by atoms with E-state index in [9.17, 15) is 4.79 Å². The average molecular weight is 357 g/mol. The van der Waals surface area contributed by atoms with Gasteiger partial charge in [0.05, 0.1) is 5.75 Å². The highest BCUT2D eigenvalue weighted by Crippen LogP contribution is 2.40. The smallest absolute Gasteiger partial charge is 0.277 e. The van der Waals surface area contributed by atoms with Gasteiger partial charge in [-0.1, -0.05) is 49.2 Å². The fraction of sp³-hybridized carbons (Fsp3) is 0.526. The van der Waals surface area contributed by atoms with E-state index in [0.29, 0.717) is 22.9 Å². The molecule has 0 aliphatic heterocycles. The van der Waals surface area contributed by atoms with Crippen molar-refractivity contribution < 1.29 is 9.21 Å². The lowest BCUT2D eigenvalue weighted by molar-refractivity contribution is -0.116. The monoisotopic (exact) mass is 357 g/mol. The molecule has 25 heavy (non-hydrogen) atoms. The summed E-state index contributed by atoms with van der Waals surface area (Å²) in [6.07, 6.45) is 8.10. The van der Waals surface area contributed by atoms with E-state index in [1.807, 2.05) is 35.2 Å². The summed E-state index contributed by atoms with van der Waals surface area (Å²) in [4.78, 5) is 15.0. The Balaban J connectivity index is 1.44. The van der Waals surface area contributed by atoms with Crippen LogP contribution in [0.2, 0.25) is 0 Å². The van der Waals surface area contributed by atoms with Gasteiger partial charge < -0.3 is 9.32 Å². The number of nitrogens with zero attached hydrogens (tertiary/aromatic N) is 3. The van der Waals surface area contributed by atoms with Gasteiger partial charge in [0.2, 0.25) is 11.8 Å². The number of benzene rings is 1. The first-order valence-electron chi connectivity index (χ1n) is 9.14. The SMILES string of the molecule is O=C(CSc1nnc(C2CC2)o1)N(c1ccccc1)C1CCCCC1. The molecule has 1 amide bonds. The summed E-state index contributed by atoms with van der Waals surface area (Å²) in [5, 5.41) is 8.66. The fourth-order valence-corrected chi connectivity index (χ4v) is 4.08. The van der Waals surface area contributed by atoms with E-state index in [-0.39, 0.29) is 5.91 Å². The molecular weight excluding hydrogens is 334 g/mol. The molecule has 0 atom stereocenters. The van der Waals surface area contributed by atoms with Crippen LogP contribution in [0.15, 0.2) is 40.0 Å². The maximum atomic E-state index is 13.0. The van der Waals surface area contributed by atoms with Crippen molar-refractivity contribution in [1.29, 1.82) is 0 Å². The molecule has 0 spiro atoms. The highest BCUT2D eigenvalue weighted by molar-refractivity contribution is 7.99. The lowest BCUT2D eigenvalue weighted by Gasteiger charge is -2.34. The Morgan fingerprint density at radius 3 is 2.56 bits per heavy atom. The van der Waals surface area contributed by atoms with Gasteiger partial charge >= 0.3 is 0 Å². The van der Waals surface area contributed by atoms with Gasteiger partial charge in [0, 0.05) is 17.6 Å². The van der Waals surface area contributed by atoms with Crippen molar-refractivity contribution in [3.63, 3.8) is 0 Å². The van der Waals surface area contributed by atoms with Crippen molar-refractivity contribution in [1.82, 2.24) is 10.2 Å². The molecule has 2 aromatic rings. The number of hydrogen-bond donors (Lipinski definition) is 0. The summed E-state index contributed by atoms with van der Waals surface area (Å²) in [6.45, 7) is 0. The molecule has 4 rings (SSSR count). The van der Waals surface area contributed by atoms with Crippen LogP contribution in [0.25, 0.3) is 0 Å². The van der Waals surface area contributed by atoms with Crippen LogP contribution in [0.3, 0.4) is 0 Å². The zero-order chi connectivity index (χ0) is 17.1. The quantitative estimate of drug-likeness (QED) is 0.717. The molecule has 0 saturated heterocycles. The molecule has 0 unspecified atom stereocenters. The molecule has 0 bridgehead atoms. The van der Waals surface area contributed by atoms with E-state index in [0.717, 1.165) is 37.3 Å². The number of rotatable bonds is 6. The first kappa shape index (κ1) is 16.6. The van der Waals surface area contributed by atoms with Crippen molar-refractivity contribution in [2.75, 3.05) is 10.7 Å². The summed E-state index contributed by atoms with van der Waals surface area (Å²) < 4.78 is 5.66. The van der Waals surface area contributed by atoms with Crippen LogP contribution in [0, 0.1) is 0 Å². The molecule has 132 valence electrons. The van der Waals surface area contributed by atoms with Gasteiger partial charge in [0.15, 0.2) is 0 Å². The number of hydrogen-bond acceptors (Lipinski definition) is 5. The van der Waals surface area contributed by atoms with E-state index < -0.39 is 0 Å². The van der Waals surface area contributed by atoms with E-state index >= 15 is 0 Å². The number of anilines is 1. The number of aromatic nitrogens is 2. The van der Waals surface area contributed by atoms with Gasteiger partial charge in [-0.15, -0.1) is 10.2 Å². The third-order valence-corrected chi connectivity index (χ3v) is 5.71. The summed E-state index contributed by atoms with van der Waals surface area (Å²) in [7, 11) is 0. The standard InChI is InChI=1S/C19H23N3O2S/c23-17(13-25-19-21-20-18(24-19)14-11-12-14)22(15-7-3-1-4-8-15)16-9-5-2-6-10-16/h1,3-4,7-8,14,16H,2,5-6,9-13H2. The molecule has 6 heteroatoms. The molecule has 1 aromatic heterocycles. The maximum absolute atomic E-state index is 13.0. The number of carbonyl (C=O) groups excluding carboxylic acids is 1. The molecule has 2 saturated carbocycles. The predicted molar refractivity (Wildman–Crippen MR) is 97.8 cm³/mol. The van der Waals surface area contributed by atoms with Crippen LogP contribution < -0.4 is 4.90 Å². The van der Waals surface area contributed by atoms with E-state index in [2.05, 4.69) is 10.2 Å². The number of para-hydroxylation sites is 1. The van der Waals surface area contributed by atoms with Gasteiger partial charge in [0.1, 0.15) is 0 Å². The summed E-state index contributed by atoms with van der Waals surface area (Å²) in [5.74, 6) is 1.62. The molecular formula is C19H23N3O2S. The third kappa shape index (κ3) is 4.06. The summed E-state index contributed by atoms with van der Waals surface area (Å²) in [5.41, 5.74) is 0.990. The second kappa shape index (κ2) is 7.60. The number of amides is 1. The molecule has 0 N–H and O–H groups in total. The van der Waals surface area contributed by atoms with Crippen LogP contribution in [-0.4, -0.2) is 27.9 Å². The Morgan fingerprint density at radius 1 is 1.08 bits per heavy atom. The van der Waals surface area contributed by atoms with Crippen molar-refractivity contribution in [3.8, 4) is 0 Å². The Kier molecular flexibility index (Phi) is 5.06. The van der Waals surface area contributed by atoms with Crippen LogP contribution >= 0.6 is 11.8 Å². The first-order valence-corrected chi connectivity index (χ1v) is 10.1. The summed E-state index contributed by atoms with van der Waals surface area (Å²) >= 11 is 1.35. The van der Waals surface area contributed by atoms with E-state index in [4.69, 9.17) is 4.42 Å². The van der Waals surface area contributed by atoms with Gasteiger partial charge in [-0.05, 0) is 37.8 Å². The van der Waals surface area contributed by atoms with Crippen LogP contribution in [-0.2, 0) is 4.79 Å². The molecule has 2 fully saturated rings. The second-order valence-corrected chi connectivity index (χ2v) is 7.79. The molecule has 1 aromatic carbocycles. The Labute approximate surface area is 152 Å². The van der Waals surface area contributed by atoms with Gasteiger partial charge in [-0.2, -0.15) is 0 Å². The first-order chi connectivity index (χ1) is 12.3. The van der Waals surface area contributed by atoms with Gasteiger partial charge in [0.25, 0.3) is 5.22 Å². The minimum atomic E-state index is 0.120. The van der Waals surface area contributed by atoms with Crippen LogP contribution in [0.1, 0.15) is 56.8 Å². The predicted octanol–water partition coefficient (Wildman–Crippen LogP) is 4.41. The molecule has 5 nitrogen and oxygen atoms in total. The van der Waals surface area contributed by atoms with Crippen molar-refractivity contribution in [3.05, 3.63) is 36.2 Å². The topological polar surface area (TPSA) is 59.2 Å². The lowest BCUT2D eigenvalue weighted by Crippen LogP contribution is -2.42. The minimum absolute atomic E-state index is 0.120. The fourth-order valence-electron chi connectivity index (χ4n) is 3.45. The summed E-state index contributed by atoms with van der Waals surface area (Å²) in [6, 6.07) is 10.3. The van der Waals surface area contributed by atoms with Crippen molar-refractivity contribution in [2.24, 2.45) is 0 Å². The normalized spacial score (nSPS) is 18.2. The Bertz CT molecular complexity index is 708. The van der Waals surface area contributed by atoms with Crippen molar-refractivity contribution in [2.45, 2.75) is 62.1 Å². The Hall–Kier alpha value is -1.82. The number of carbonyl (C=O) groups is 1. The number of thioether (sulfide) groups is 1. The largest absolute Gasteiger partial charge is 0.416 e. The van der Waals surface area contributed by atoms with Gasteiger partial charge in [-0.25, -0.2) is 0 Å². The van der Waals surface area contributed by atoms with Crippen LogP contribution in [0.5, 0.6) is 0 Å². The zero-order valence-corrected chi connectivity index (χ0v) is 15.1.